The van der Waals surface area contributed by atoms with Crippen molar-refractivity contribution in [1.82, 2.24) is 4.90 Å². The first-order valence-electron chi connectivity index (χ1n) is 13.3. The second-order valence-electron chi connectivity index (χ2n) is 10.2. The molecular formula is C32H32F3NO4. The molecule has 1 aliphatic carbocycles. The molecule has 0 unspecified atom stereocenters. The highest BCUT2D eigenvalue weighted by atomic mass is 19.1. The number of carboxylic acids is 1. The summed E-state index contributed by atoms with van der Waals surface area (Å²) in [5.74, 6) is -1.41. The maximum absolute atomic E-state index is 15.0. The van der Waals surface area contributed by atoms with E-state index in [1.165, 1.54) is 11.6 Å². The maximum Gasteiger partial charge on any atom is 0.335 e. The summed E-state index contributed by atoms with van der Waals surface area (Å²) in [6, 6.07) is 16.8. The van der Waals surface area contributed by atoms with E-state index in [-0.39, 0.29) is 24.3 Å². The van der Waals surface area contributed by atoms with Crippen molar-refractivity contribution in [2.45, 2.75) is 32.1 Å². The van der Waals surface area contributed by atoms with Crippen LogP contribution in [0.25, 0.3) is 11.1 Å². The van der Waals surface area contributed by atoms with E-state index in [0.717, 1.165) is 66.0 Å². The average molecular weight is 552 g/mol. The lowest BCUT2D eigenvalue weighted by Crippen LogP contribution is -2.47. The quantitative estimate of drug-likeness (QED) is 0.313. The molecule has 1 aliphatic heterocycles. The number of alkyl halides is 1. The highest BCUT2D eigenvalue weighted by molar-refractivity contribution is 6.00. The van der Waals surface area contributed by atoms with Crippen molar-refractivity contribution in [2.75, 3.05) is 26.3 Å². The molecule has 1 heterocycles. The number of halogens is 3. The zero-order valence-electron chi connectivity index (χ0n) is 22.1. The van der Waals surface area contributed by atoms with E-state index < -0.39 is 17.6 Å². The van der Waals surface area contributed by atoms with Gasteiger partial charge in [0.05, 0.1) is 12.2 Å². The van der Waals surface area contributed by atoms with Crippen LogP contribution in [0.5, 0.6) is 0 Å². The van der Waals surface area contributed by atoms with Crippen molar-refractivity contribution < 1.29 is 33.0 Å². The van der Waals surface area contributed by atoms with E-state index in [1.54, 1.807) is 18.2 Å². The van der Waals surface area contributed by atoms with Gasteiger partial charge in [-0.3, -0.25) is 9.18 Å². The summed E-state index contributed by atoms with van der Waals surface area (Å²) >= 11 is 0. The monoisotopic (exact) mass is 551 g/mol. The predicted octanol–water partition coefficient (Wildman–Crippen LogP) is 6.49. The van der Waals surface area contributed by atoms with Crippen molar-refractivity contribution in [3.63, 3.8) is 0 Å². The van der Waals surface area contributed by atoms with Crippen LogP contribution in [0.4, 0.5) is 13.2 Å². The minimum Gasteiger partial charge on any atom is -0.483 e. The van der Waals surface area contributed by atoms with Crippen molar-refractivity contribution in [3.8, 4) is 0 Å². The zero-order chi connectivity index (χ0) is 28.6. The van der Waals surface area contributed by atoms with Gasteiger partial charge < -0.3 is 15.1 Å². The molecule has 8 heteroatoms. The lowest BCUT2D eigenvalue weighted by atomic mass is 9.86. The molecule has 210 valence electrons. The molecule has 40 heavy (non-hydrogen) atoms. The van der Waals surface area contributed by atoms with Crippen molar-refractivity contribution in [3.05, 3.63) is 106 Å². The maximum atomic E-state index is 15.0. The number of carboxylic acid groups (broad SMARTS) is 2. The van der Waals surface area contributed by atoms with Crippen LogP contribution >= 0.6 is 0 Å². The summed E-state index contributed by atoms with van der Waals surface area (Å²) in [4.78, 5) is 22.2. The number of likely N-dealkylation sites (tertiary alicyclic amines) is 1. The second-order valence-corrected chi connectivity index (χ2v) is 10.2. The molecule has 0 saturated carbocycles. The summed E-state index contributed by atoms with van der Waals surface area (Å²) in [5, 5.41) is 16.4. The van der Waals surface area contributed by atoms with Gasteiger partial charge in [0.15, 0.2) is 0 Å². The Balaban J connectivity index is 0.00000118. The van der Waals surface area contributed by atoms with Crippen LogP contribution in [-0.2, 0) is 17.6 Å². The van der Waals surface area contributed by atoms with E-state index in [0.29, 0.717) is 31.6 Å². The van der Waals surface area contributed by atoms with Gasteiger partial charge in [-0.05, 0) is 102 Å². The van der Waals surface area contributed by atoms with Crippen LogP contribution in [0.2, 0.25) is 0 Å². The summed E-state index contributed by atoms with van der Waals surface area (Å²) in [5.41, 5.74) is 5.87. The van der Waals surface area contributed by atoms with Gasteiger partial charge in [0.2, 0.25) is 0 Å². The van der Waals surface area contributed by atoms with Crippen LogP contribution in [0.15, 0.2) is 60.7 Å². The Morgan fingerprint density at radius 1 is 0.975 bits per heavy atom. The average Bonchev–Trinajstić information content (AvgIpc) is 3.11. The minimum absolute atomic E-state index is 0.217. The van der Waals surface area contributed by atoms with Gasteiger partial charge in [-0.1, -0.05) is 30.3 Å². The van der Waals surface area contributed by atoms with Crippen molar-refractivity contribution in [1.29, 1.82) is 0 Å². The van der Waals surface area contributed by atoms with Gasteiger partial charge in [-0.25, -0.2) is 13.6 Å². The van der Waals surface area contributed by atoms with Gasteiger partial charge in [0.25, 0.3) is 6.47 Å². The number of hydrogen-bond acceptors (Lipinski definition) is 3. The molecule has 3 aromatic carbocycles. The number of carbonyl (C=O) groups is 2. The van der Waals surface area contributed by atoms with E-state index in [2.05, 4.69) is 17.0 Å². The minimum atomic E-state index is -0.988. The Labute approximate surface area is 231 Å². The number of aryl methyl sites for hydroxylation is 1. The molecule has 0 radical (unpaired) electrons. The molecule has 0 amide bonds. The van der Waals surface area contributed by atoms with Crippen LogP contribution in [0.1, 0.15) is 57.4 Å². The first kappa shape index (κ1) is 29.1. The van der Waals surface area contributed by atoms with Crippen LogP contribution in [0, 0.1) is 17.6 Å². The zero-order valence-corrected chi connectivity index (χ0v) is 22.1. The highest BCUT2D eigenvalue weighted by Gasteiger charge is 2.27. The molecule has 2 aliphatic rings. The molecular weight excluding hydrogens is 519 g/mol. The molecule has 1 fully saturated rings. The Morgan fingerprint density at radius 3 is 2.38 bits per heavy atom. The fraction of sp³-hybridized carbons (Fsp3) is 0.312. The molecule has 0 spiro atoms. The van der Waals surface area contributed by atoms with Crippen LogP contribution in [-0.4, -0.2) is 53.9 Å². The fourth-order valence-corrected chi connectivity index (χ4v) is 5.66. The molecule has 0 bridgehead atoms. The Hall–Kier alpha value is -3.91. The smallest absolute Gasteiger partial charge is 0.335 e. The molecule has 0 atom stereocenters. The fourth-order valence-electron chi connectivity index (χ4n) is 5.66. The number of nitrogens with zero attached hydrogens (tertiary/aromatic N) is 1. The number of hydrogen-bond donors (Lipinski definition) is 2. The number of allylic oxidation sites excluding steroid dienone is 1. The molecule has 3 aromatic rings. The number of benzene rings is 3. The summed E-state index contributed by atoms with van der Waals surface area (Å²) < 4.78 is 41.6. The Kier molecular flexibility index (Phi) is 9.77. The van der Waals surface area contributed by atoms with E-state index in [1.807, 2.05) is 12.1 Å². The number of aromatic carboxylic acids is 1. The molecule has 1 saturated heterocycles. The SMILES string of the molecule is O=C(O)c1ccc2c(c1)CCCC(c1cc(F)ccc1F)=C2c1ccc(CC2CN(CCCF)C2)cc1.O=CO. The third kappa shape index (κ3) is 6.80. The standard InChI is InChI=1S/C31H30F3NO2.CH2O2/c32-13-2-14-35-18-21(19-35)15-20-5-7-22(8-6-20)30-26-11-9-24(31(36)37)16-23(26)3-1-4-27(30)28-17-25(33)10-12-29(28)34;2-1-3/h5-12,16-17,21H,1-4,13-15,18-19H2,(H,36,37);1H,(H,2,3). The predicted molar refractivity (Wildman–Crippen MR) is 148 cm³/mol. The van der Waals surface area contributed by atoms with E-state index >= 15 is 0 Å². The van der Waals surface area contributed by atoms with Crippen LogP contribution in [0.3, 0.4) is 0 Å². The summed E-state index contributed by atoms with van der Waals surface area (Å²) in [7, 11) is 0. The van der Waals surface area contributed by atoms with E-state index in [4.69, 9.17) is 9.90 Å². The van der Waals surface area contributed by atoms with Crippen molar-refractivity contribution >= 4 is 23.6 Å². The molecule has 0 aromatic heterocycles. The summed E-state index contributed by atoms with van der Waals surface area (Å²) in [6.07, 6.45) is 3.42. The van der Waals surface area contributed by atoms with Gasteiger partial charge in [-0.2, -0.15) is 0 Å². The van der Waals surface area contributed by atoms with Gasteiger partial charge in [-0.15, -0.1) is 0 Å². The van der Waals surface area contributed by atoms with E-state index in [9.17, 15) is 23.1 Å². The normalized spacial score (nSPS) is 15.4. The lowest BCUT2D eigenvalue weighted by Gasteiger charge is -2.39. The third-order valence-corrected chi connectivity index (χ3v) is 7.46. The summed E-state index contributed by atoms with van der Waals surface area (Å²) in [6.45, 7) is 2.24. The Morgan fingerprint density at radius 2 is 1.70 bits per heavy atom. The number of rotatable bonds is 8. The molecule has 2 N–H and O–H groups in total. The largest absolute Gasteiger partial charge is 0.483 e. The van der Waals surface area contributed by atoms with Gasteiger partial charge in [0, 0.05) is 25.2 Å². The molecule has 5 nitrogen and oxygen atoms in total. The number of fused-ring (bicyclic) bond motifs is 1. The topological polar surface area (TPSA) is 77.8 Å². The first-order chi connectivity index (χ1) is 19.3. The Bertz CT molecular complexity index is 1380. The third-order valence-electron chi connectivity index (χ3n) is 7.46. The molecule has 5 rings (SSSR count). The van der Waals surface area contributed by atoms with Gasteiger partial charge >= 0.3 is 5.97 Å². The lowest BCUT2D eigenvalue weighted by molar-refractivity contribution is -0.122. The highest BCUT2D eigenvalue weighted by Crippen LogP contribution is 2.41. The van der Waals surface area contributed by atoms with Gasteiger partial charge in [0.1, 0.15) is 11.6 Å². The van der Waals surface area contributed by atoms with Crippen molar-refractivity contribution in [2.24, 2.45) is 5.92 Å². The first-order valence-corrected chi connectivity index (χ1v) is 13.3. The second kappa shape index (κ2) is 13.4. The van der Waals surface area contributed by atoms with Crippen LogP contribution < -0.4 is 0 Å².